The highest BCUT2D eigenvalue weighted by molar-refractivity contribution is 6.34. The molecule has 2 N–H and O–H groups in total. The molecule has 7 heteroatoms. The molecule has 18 heavy (non-hydrogen) atoms. The molecule has 1 aromatic rings. The molecule has 0 atom stereocenters. The Labute approximate surface area is 105 Å². The number of aromatic amines is 1. The lowest BCUT2D eigenvalue weighted by Gasteiger charge is -2.28. The standard InChI is InChI=1S/C11H17N5O2/c1-15(8-9-13-2-3-14-9)10(17)11(18)16-6-4-12-5-7-16/h2-3,12H,4-8H2,1H3,(H,13,14). The van der Waals surface area contributed by atoms with E-state index in [2.05, 4.69) is 15.3 Å². The summed E-state index contributed by atoms with van der Waals surface area (Å²) in [6, 6.07) is 0. The molecular formula is C11H17N5O2. The molecule has 7 nitrogen and oxygen atoms in total. The fraction of sp³-hybridized carbons (Fsp3) is 0.545. The fourth-order valence-electron chi connectivity index (χ4n) is 1.85. The SMILES string of the molecule is CN(Cc1ncc[nH]1)C(=O)C(=O)N1CCNCC1. The van der Waals surface area contributed by atoms with Gasteiger partial charge in [0.05, 0.1) is 6.54 Å². The Hall–Kier alpha value is -1.89. The fourth-order valence-corrected chi connectivity index (χ4v) is 1.85. The summed E-state index contributed by atoms with van der Waals surface area (Å²) in [5.41, 5.74) is 0. The largest absolute Gasteiger partial charge is 0.347 e. The number of carbonyl (C=O) groups excluding carboxylic acids is 2. The lowest BCUT2D eigenvalue weighted by Crippen LogP contribution is -2.51. The van der Waals surface area contributed by atoms with Gasteiger partial charge in [0.25, 0.3) is 0 Å². The first-order chi connectivity index (χ1) is 8.68. The molecule has 98 valence electrons. The normalized spacial score (nSPS) is 15.5. The summed E-state index contributed by atoms with van der Waals surface area (Å²) < 4.78 is 0. The first-order valence-corrected chi connectivity index (χ1v) is 5.92. The number of carbonyl (C=O) groups is 2. The van der Waals surface area contributed by atoms with Gasteiger partial charge in [0.1, 0.15) is 5.82 Å². The van der Waals surface area contributed by atoms with Crippen molar-refractivity contribution in [1.29, 1.82) is 0 Å². The number of likely N-dealkylation sites (N-methyl/N-ethyl adjacent to an activating group) is 1. The zero-order valence-corrected chi connectivity index (χ0v) is 10.3. The van der Waals surface area contributed by atoms with Crippen LogP contribution in [-0.2, 0) is 16.1 Å². The molecule has 0 spiro atoms. The van der Waals surface area contributed by atoms with Crippen molar-refractivity contribution in [3.8, 4) is 0 Å². The molecule has 2 heterocycles. The Balaban J connectivity index is 1.91. The van der Waals surface area contributed by atoms with Crippen LogP contribution >= 0.6 is 0 Å². The third-order valence-corrected chi connectivity index (χ3v) is 2.88. The summed E-state index contributed by atoms with van der Waals surface area (Å²) in [5.74, 6) is -0.266. The average molecular weight is 251 g/mol. The second-order valence-corrected chi connectivity index (χ2v) is 4.24. The molecule has 1 aliphatic heterocycles. The van der Waals surface area contributed by atoms with E-state index >= 15 is 0 Å². The highest BCUT2D eigenvalue weighted by Gasteiger charge is 2.26. The van der Waals surface area contributed by atoms with Crippen LogP contribution in [0.5, 0.6) is 0 Å². The van der Waals surface area contributed by atoms with Crippen molar-refractivity contribution >= 4 is 11.8 Å². The minimum atomic E-state index is -0.492. The van der Waals surface area contributed by atoms with Crippen LogP contribution in [0.25, 0.3) is 0 Å². The molecule has 2 amide bonds. The number of aromatic nitrogens is 2. The van der Waals surface area contributed by atoms with Crippen molar-refractivity contribution in [3.63, 3.8) is 0 Å². The summed E-state index contributed by atoms with van der Waals surface area (Å²) >= 11 is 0. The maximum atomic E-state index is 11.9. The van der Waals surface area contributed by atoms with Gasteiger partial charge in [-0.05, 0) is 0 Å². The van der Waals surface area contributed by atoms with Gasteiger partial charge in [-0.25, -0.2) is 4.98 Å². The highest BCUT2D eigenvalue weighted by atomic mass is 16.2. The van der Waals surface area contributed by atoms with Crippen molar-refractivity contribution in [3.05, 3.63) is 18.2 Å². The van der Waals surface area contributed by atoms with Crippen LogP contribution in [0, 0.1) is 0 Å². The molecule has 2 rings (SSSR count). The number of amides is 2. The number of nitrogens with zero attached hydrogens (tertiary/aromatic N) is 3. The van der Waals surface area contributed by atoms with E-state index in [4.69, 9.17) is 0 Å². The number of hydrogen-bond acceptors (Lipinski definition) is 4. The summed E-state index contributed by atoms with van der Waals surface area (Å²) in [4.78, 5) is 33.8. The molecule has 1 fully saturated rings. The molecule has 1 saturated heterocycles. The Morgan fingerprint density at radius 1 is 1.44 bits per heavy atom. The quantitative estimate of drug-likeness (QED) is 0.647. The Kier molecular flexibility index (Phi) is 3.93. The predicted octanol–water partition coefficient (Wildman–Crippen LogP) is -1.20. The number of rotatable bonds is 2. The molecule has 0 unspecified atom stereocenters. The molecule has 0 bridgehead atoms. The van der Waals surface area contributed by atoms with Gasteiger partial charge in [-0.1, -0.05) is 0 Å². The summed E-state index contributed by atoms with van der Waals surface area (Å²) in [6.07, 6.45) is 3.30. The second-order valence-electron chi connectivity index (χ2n) is 4.24. The monoisotopic (exact) mass is 251 g/mol. The predicted molar refractivity (Wildman–Crippen MR) is 64.5 cm³/mol. The number of hydrogen-bond donors (Lipinski definition) is 2. The number of H-pyrrole nitrogens is 1. The van der Waals surface area contributed by atoms with Crippen molar-refractivity contribution < 1.29 is 9.59 Å². The molecule has 0 radical (unpaired) electrons. The van der Waals surface area contributed by atoms with Gasteiger partial charge in [0.15, 0.2) is 0 Å². The zero-order valence-electron chi connectivity index (χ0n) is 10.3. The maximum absolute atomic E-state index is 11.9. The highest BCUT2D eigenvalue weighted by Crippen LogP contribution is 2.00. The van der Waals surface area contributed by atoms with Crippen molar-refractivity contribution in [1.82, 2.24) is 25.1 Å². The van der Waals surface area contributed by atoms with Crippen LogP contribution in [0.2, 0.25) is 0 Å². The Bertz CT molecular complexity index is 411. The molecule has 0 saturated carbocycles. The van der Waals surface area contributed by atoms with E-state index in [-0.39, 0.29) is 0 Å². The molecule has 1 aromatic heterocycles. The minimum Gasteiger partial charge on any atom is -0.347 e. The molecule has 0 aliphatic carbocycles. The van der Waals surface area contributed by atoms with Gasteiger partial charge in [0, 0.05) is 45.6 Å². The topological polar surface area (TPSA) is 81.3 Å². The van der Waals surface area contributed by atoms with Crippen molar-refractivity contribution in [2.24, 2.45) is 0 Å². The Morgan fingerprint density at radius 3 is 2.78 bits per heavy atom. The van der Waals surface area contributed by atoms with Crippen molar-refractivity contribution in [2.75, 3.05) is 33.2 Å². The first kappa shape index (κ1) is 12.6. The van der Waals surface area contributed by atoms with Crippen LogP contribution < -0.4 is 5.32 Å². The van der Waals surface area contributed by atoms with Gasteiger partial charge in [-0.3, -0.25) is 9.59 Å². The lowest BCUT2D eigenvalue weighted by atomic mass is 10.3. The van der Waals surface area contributed by atoms with Crippen LogP contribution in [0.3, 0.4) is 0 Å². The van der Waals surface area contributed by atoms with Crippen molar-refractivity contribution in [2.45, 2.75) is 6.54 Å². The second kappa shape index (κ2) is 5.63. The van der Waals surface area contributed by atoms with Crippen LogP contribution in [0.1, 0.15) is 5.82 Å². The van der Waals surface area contributed by atoms with Gasteiger partial charge >= 0.3 is 11.8 Å². The van der Waals surface area contributed by atoms with Crippen LogP contribution in [0.4, 0.5) is 0 Å². The molecular weight excluding hydrogens is 234 g/mol. The van der Waals surface area contributed by atoms with E-state index in [1.165, 1.54) is 4.90 Å². The zero-order chi connectivity index (χ0) is 13.0. The third-order valence-electron chi connectivity index (χ3n) is 2.88. The first-order valence-electron chi connectivity index (χ1n) is 5.92. The van der Waals surface area contributed by atoms with Crippen LogP contribution in [-0.4, -0.2) is 64.8 Å². The summed E-state index contributed by atoms with van der Waals surface area (Å²) in [7, 11) is 1.60. The number of nitrogens with one attached hydrogen (secondary N) is 2. The summed E-state index contributed by atoms with van der Waals surface area (Å²) in [5, 5.41) is 3.14. The van der Waals surface area contributed by atoms with Gasteiger partial charge in [-0.15, -0.1) is 0 Å². The smallest absolute Gasteiger partial charge is 0.312 e. The van der Waals surface area contributed by atoms with E-state index < -0.39 is 11.8 Å². The van der Waals surface area contributed by atoms with Gasteiger partial charge in [0.2, 0.25) is 0 Å². The van der Waals surface area contributed by atoms with E-state index in [0.29, 0.717) is 25.5 Å². The minimum absolute atomic E-state index is 0.309. The average Bonchev–Trinajstić information content (AvgIpc) is 2.91. The Morgan fingerprint density at radius 2 is 2.17 bits per heavy atom. The van der Waals surface area contributed by atoms with E-state index in [0.717, 1.165) is 13.1 Å². The number of imidazole rings is 1. The van der Waals surface area contributed by atoms with Gasteiger partial charge in [-0.2, -0.15) is 0 Å². The van der Waals surface area contributed by atoms with E-state index in [1.54, 1.807) is 24.3 Å². The molecule has 1 aliphatic rings. The summed E-state index contributed by atoms with van der Waals surface area (Å²) in [6.45, 7) is 2.95. The van der Waals surface area contributed by atoms with Crippen LogP contribution in [0.15, 0.2) is 12.4 Å². The van der Waals surface area contributed by atoms with E-state index in [1.807, 2.05) is 0 Å². The van der Waals surface area contributed by atoms with E-state index in [9.17, 15) is 9.59 Å². The van der Waals surface area contributed by atoms with Gasteiger partial charge < -0.3 is 20.1 Å². The molecule has 0 aromatic carbocycles. The number of piperazine rings is 1. The third kappa shape index (κ3) is 2.86. The maximum Gasteiger partial charge on any atom is 0.312 e. The lowest BCUT2D eigenvalue weighted by molar-refractivity contribution is -0.151.